The molecule has 35 heavy (non-hydrogen) atoms. The Bertz CT molecular complexity index is 1240. The van der Waals surface area contributed by atoms with Crippen molar-refractivity contribution in [2.75, 3.05) is 12.4 Å². The molecule has 184 valence electrons. The van der Waals surface area contributed by atoms with E-state index >= 15 is 0 Å². The minimum absolute atomic E-state index is 0.0907. The largest absolute Gasteiger partial charge is 0.326 e. The maximum Gasteiger partial charge on any atom is 0.259 e. The molecule has 1 fully saturated rings. The Morgan fingerprint density at radius 3 is 2.43 bits per heavy atom. The standard InChI is InChI=1S/C25H20Cl4F2N2O2/c1-4-18(7-5-13(2)30)33(3)24(35)19-12-17(6-8-20(19)27)32-23(34)22-21(25(22,28)29)14-9-15(26)11-16(31)10-14/h4-12,21-22H,1H2,2-3H3,(H,32,34)/b13-5+,18-7+. The lowest BCUT2D eigenvalue weighted by Crippen LogP contribution is -2.26. The van der Waals surface area contributed by atoms with Gasteiger partial charge in [-0.1, -0.05) is 29.8 Å². The SMILES string of the molecule is C=C/C(=C\C=C(/C)F)N(C)C(=O)c1cc(NC(=O)C2C(c3cc(F)cc(Cl)c3)C2(Cl)Cl)ccc1Cl. The van der Waals surface area contributed by atoms with Gasteiger partial charge in [-0.3, -0.25) is 9.59 Å². The van der Waals surface area contributed by atoms with Gasteiger partial charge < -0.3 is 10.2 Å². The van der Waals surface area contributed by atoms with Crippen LogP contribution in [0.15, 0.2) is 72.7 Å². The number of alkyl halides is 2. The van der Waals surface area contributed by atoms with E-state index in [1.54, 1.807) is 0 Å². The smallest absolute Gasteiger partial charge is 0.259 e. The Balaban J connectivity index is 1.82. The highest BCUT2D eigenvalue weighted by Gasteiger charge is 2.67. The molecule has 4 nitrogen and oxygen atoms in total. The normalized spacial score (nSPS) is 19.2. The first-order chi connectivity index (χ1) is 16.4. The summed E-state index contributed by atoms with van der Waals surface area (Å²) < 4.78 is 25.4. The van der Waals surface area contributed by atoms with Crippen molar-refractivity contribution in [2.45, 2.75) is 17.2 Å². The summed E-state index contributed by atoms with van der Waals surface area (Å²) in [6.07, 6.45) is 3.98. The molecular weight excluding hydrogens is 540 g/mol. The lowest BCUT2D eigenvalue weighted by molar-refractivity contribution is -0.117. The van der Waals surface area contributed by atoms with E-state index in [0.29, 0.717) is 11.3 Å². The Kier molecular flexibility index (Phi) is 8.32. The van der Waals surface area contributed by atoms with Crippen LogP contribution in [0.1, 0.15) is 28.8 Å². The number of allylic oxidation sites excluding steroid dienone is 4. The Morgan fingerprint density at radius 2 is 1.83 bits per heavy atom. The highest BCUT2D eigenvalue weighted by Crippen LogP contribution is 2.65. The monoisotopic (exact) mass is 558 g/mol. The summed E-state index contributed by atoms with van der Waals surface area (Å²) in [7, 11) is 1.48. The van der Waals surface area contributed by atoms with Crippen LogP contribution in [0, 0.1) is 11.7 Å². The quantitative estimate of drug-likeness (QED) is 0.279. The van der Waals surface area contributed by atoms with Crippen LogP contribution >= 0.6 is 46.4 Å². The van der Waals surface area contributed by atoms with Gasteiger partial charge in [-0.15, -0.1) is 23.2 Å². The second-order valence-electron chi connectivity index (χ2n) is 7.93. The van der Waals surface area contributed by atoms with E-state index in [-0.39, 0.29) is 21.3 Å². The van der Waals surface area contributed by atoms with Gasteiger partial charge in [0.1, 0.15) is 10.2 Å². The molecule has 1 aliphatic carbocycles. The molecule has 10 heteroatoms. The van der Waals surface area contributed by atoms with E-state index in [1.807, 2.05) is 0 Å². The predicted molar refractivity (Wildman–Crippen MR) is 137 cm³/mol. The Labute approximate surface area is 221 Å². The number of benzene rings is 2. The number of nitrogens with zero attached hydrogens (tertiary/aromatic N) is 1. The van der Waals surface area contributed by atoms with Gasteiger partial charge in [0.15, 0.2) is 0 Å². The van der Waals surface area contributed by atoms with Crippen molar-refractivity contribution < 1.29 is 18.4 Å². The first-order valence-electron chi connectivity index (χ1n) is 10.3. The molecule has 0 spiro atoms. The Morgan fingerprint density at radius 1 is 1.14 bits per heavy atom. The lowest BCUT2D eigenvalue weighted by Gasteiger charge is -2.19. The molecule has 2 aromatic carbocycles. The van der Waals surface area contributed by atoms with Crippen molar-refractivity contribution in [1.82, 2.24) is 4.90 Å². The zero-order valence-corrected chi connectivity index (χ0v) is 21.6. The number of likely N-dealkylation sites (N-methyl/N-ethyl adjacent to an activating group) is 1. The molecule has 2 atom stereocenters. The first-order valence-corrected chi connectivity index (χ1v) is 11.8. The molecule has 2 unspecified atom stereocenters. The number of hydrogen-bond acceptors (Lipinski definition) is 2. The molecule has 0 aliphatic heterocycles. The fourth-order valence-corrected chi connectivity index (χ4v) is 4.88. The summed E-state index contributed by atoms with van der Waals surface area (Å²) >= 11 is 24.8. The fraction of sp³-hybridized carbons (Fsp3) is 0.200. The van der Waals surface area contributed by atoms with Gasteiger partial charge in [0.2, 0.25) is 5.91 Å². The van der Waals surface area contributed by atoms with Crippen LogP contribution in [0.4, 0.5) is 14.5 Å². The van der Waals surface area contributed by atoms with Crippen molar-refractivity contribution in [3.8, 4) is 0 Å². The molecule has 0 radical (unpaired) electrons. The van der Waals surface area contributed by atoms with Crippen molar-refractivity contribution in [3.05, 3.63) is 99.7 Å². The molecule has 3 rings (SSSR count). The average Bonchev–Trinajstić information content (AvgIpc) is 3.36. The van der Waals surface area contributed by atoms with E-state index < -0.39 is 39.6 Å². The zero-order chi connectivity index (χ0) is 26.1. The van der Waals surface area contributed by atoms with Gasteiger partial charge in [0.25, 0.3) is 5.91 Å². The number of hydrogen-bond donors (Lipinski definition) is 1. The van der Waals surface area contributed by atoms with Crippen LogP contribution in [0.2, 0.25) is 10.0 Å². The zero-order valence-electron chi connectivity index (χ0n) is 18.6. The molecular formula is C25H20Cl4F2N2O2. The van der Waals surface area contributed by atoms with E-state index in [9.17, 15) is 18.4 Å². The van der Waals surface area contributed by atoms with Crippen LogP contribution < -0.4 is 5.32 Å². The highest BCUT2D eigenvalue weighted by atomic mass is 35.5. The third kappa shape index (κ3) is 6.07. The minimum atomic E-state index is -1.46. The summed E-state index contributed by atoms with van der Waals surface area (Å²) in [5.74, 6) is -3.60. The van der Waals surface area contributed by atoms with Gasteiger partial charge in [-0.25, -0.2) is 8.78 Å². The summed E-state index contributed by atoms with van der Waals surface area (Å²) in [5.41, 5.74) is 1.09. The summed E-state index contributed by atoms with van der Waals surface area (Å²) in [5, 5.41) is 2.97. The second kappa shape index (κ2) is 10.7. The van der Waals surface area contributed by atoms with Gasteiger partial charge in [0, 0.05) is 29.4 Å². The molecule has 1 aliphatic rings. The topological polar surface area (TPSA) is 49.4 Å². The lowest BCUT2D eigenvalue weighted by atomic mass is 10.1. The number of rotatable bonds is 7. The summed E-state index contributed by atoms with van der Waals surface area (Å²) in [6, 6.07) is 8.22. The number of anilines is 1. The number of nitrogens with one attached hydrogen (secondary N) is 1. The molecule has 2 amide bonds. The van der Waals surface area contributed by atoms with Crippen molar-refractivity contribution in [3.63, 3.8) is 0 Å². The van der Waals surface area contributed by atoms with Gasteiger partial charge in [-0.05, 0) is 67.1 Å². The van der Waals surface area contributed by atoms with E-state index in [2.05, 4.69) is 11.9 Å². The fourth-order valence-electron chi connectivity index (χ4n) is 3.62. The first kappa shape index (κ1) is 27.2. The highest BCUT2D eigenvalue weighted by molar-refractivity contribution is 6.53. The molecule has 2 aromatic rings. The number of amides is 2. The van der Waals surface area contributed by atoms with Gasteiger partial charge in [0.05, 0.1) is 22.3 Å². The predicted octanol–water partition coefficient (Wildman–Crippen LogP) is 7.67. The van der Waals surface area contributed by atoms with E-state index in [4.69, 9.17) is 46.4 Å². The van der Waals surface area contributed by atoms with E-state index in [1.165, 1.54) is 67.4 Å². The average molecular weight is 560 g/mol. The number of carbonyl (C=O) groups is 2. The van der Waals surface area contributed by atoms with Gasteiger partial charge >= 0.3 is 0 Å². The van der Waals surface area contributed by atoms with E-state index in [0.717, 1.165) is 6.07 Å². The third-order valence-electron chi connectivity index (χ3n) is 5.43. The van der Waals surface area contributed by atoms with Crippen molar-refractivity contribution in [2.24, 2.45) is 5.92 Å². The van der Waals surface area contributed by atoms with Crippen molar-refractivity contribution in [1.29, 1.82) is 0 Å². The maximum absolute atomic E-state index is 13.8. The van der Waals surface area contributed by atoms with Crippen LogP contribution in [-0.2, 0) is 4.79 Å². The van der Waals surface area contributed by atoms with Crippen molar-refractivity contribution >= 4 is 63.9 Å². The Hall–Kier alpha value is -2.38. The molecule has 0 saturated heterocycles. The third-order valence-corrected chi connectivity index (χ3v) is 6.92. The number of halogens is 6. The summed E-state index contributed by atoms with van der Waals surface area (Å²) in [4.78, 5) is 27.2. The second-order valence-corrected chi connectivity index (χ2v) is 10.2. The van der Waals surface area contributed by atoms with Crippen LogP contribution in [0.25, 0.3) is 0 Å². The van der Waals surface area contributed by atoms with Gasteiger partial charge in [-0.2, -0.15) is 0 Å². The molecule has 1 saturated carbocycles. The molecule has 0 bridgehead atoms. The summed E-state index contributed by atoms with van der Waals surface area (Å²) in [6.45, 7) is 4.91. The number of carbonyl (C=O) groups excluding carboxylic acids is 2. The van der Waals surface area contributed by atoms with Crippen LogP contribution in [0.5, 0.6) is 0 Å². The molecule has 1 N–H and O–H groups in total. The van der Waals surface area contributed by atoms with Crippen LogP contribution in [0.3, 0.4) is 0 Å². The minimum Gasteiger partial charge on any atom is -0.326 e. The molecule has 0 heterocycles. The molecule has 0 aromatic heterocycles. The maximum atomic E-state index is 13.8. The van der Waals surface area contributed by atoms with Crippen LogP contribution in [-0.4, -0.2) is 28.1 Å².